The van der Waals surface area contributed by atoms with E-state index in [1.165, 1.54) is 84.0 Å². The second kappa shape index (κ2) is 23.3. The average Bonchev–Trinajstić information content (AvgIpc) is 3.03. The van der Waals surface area contributed by atoms with Crippen LogP contribution in [0.25, 0.3) is 0 Å². The summed E-state index contributed by atoms with van der Waals surface area (Å²) in [6.07, 6.45) is 15.7. The van der Waals surface area contributed by atoms with Crippen LogP contribution in [0.4, 0.5) is 0 Å². The lowest BCUT2D eigenvalue weighted by Crippen LogP contribution is -2.61. The molecule has 0 bridgehead atoms. The summed E-state index contributed by atoms with van der Waals surface area (Å²) in [6, 6.07) is 1.42. The van der Waals surface area contributed by atoms with E-state index >= 15 is 0 Å². The average molecular weight is 709 g/mol. The molecule has 1 saturated heterocycles. The number of hydrogen-bond acceptors (Lipinski definition) is 12. The first kappa shape index (κ1) is 42.0. The van der Waals surface area contributed by atoms with E-state index in [0.29, 0.717) is 12.1 Å². The Labute approximate surface area is 295 Å². The van der Waals surface area contributed by atoms with Crippen molar-refractivity contribution in [1.29, 1.82) is 0 Å². The summed E-state index contributed by atoms with van der Waals surface area (Å²) in [5, 5.41) is 0.288. The van der Waals surface area contributed by atoms with Gasteiger partial charge in [0, 0.05) is 39.5 Å². The molecule has 1 aliphatic heterocycles. The van der Waals surface area contributed by atoms with Crippen LogP contribution >= 0.6 is 11.8 Å². The fourth-order valence-electron chi connectivity index (χ4n) is 5.91. The summed E-state index contributed by atoms with van der Waals surface area (Å²) in [6.45, 7) is 6.65. The smallest absolute Gasteiger partial charge is 0.303 e. The molecule has 5 atom stereocenters. The number of nitrogens with zero attached hydrogens (tertiary/aromatic N) is 2. The van der Waals surface area contributed by atoms with Crippen molar-refractivity contribution in [3.63, 3.8) is 0 Å². The Kier molecular flexibility index (Phi) is 19.9. The monoisotopic (exact) mass is 708 g/mol. The van der Waals surface area contributed by atoms with E-state index in [1.807, 2.05) is 0 Å². The number of aryl methyl sites for hydroxylation is 1. The zero-order valence-electron chi connectivity index (χ0n) is 30.1. The lowest BCUT2D eigenvalue weighted by Gasteiger charge is -2.45. The van der Waals surface area contributed by atoms with Crippen LogP contribution in [0, 0.1) is 0 Å². The van der Waals surface area contributed by atoms with Gasteiger partial charge in [-0.3, -0.25) is 28.5 Å². The van der Waals surface area contributed by atoms with E-state index in [4.69, 9.17) is 23.7 Å². The maximum atomic E-state index is 12.7. The van der Waals surface area contributed by atoms with Crippen LogP contribution in [0.5, 0.6) is 0 Å². The van der Waals surface area contributed by atoms with Gasteiger partial charge in [0.05, 0.1) is 0 Å². The fraction of sp³-hybridized carbons (Fsp3) is 0.722. The van der Waals surface area contributed by atoms with E-state index in [9.17, 15) is 24.0 Å². The van der Waals surface area contributed by atoms with Gasteiger partial charge in [-0.15, -0.1) is 0 Å². The van der Waals surface area contributed by atoms with Crippen LogP contribution in [0.3, 0.4) is 0 Å². The maximum Gasteiger partial charge on any atom is 0.303 e. The van der Waals surface area contributed by atoms with Gasteiger partial charge < -0.3 is 23.7 Å². The van der Waals surface area contributed by atoms with Crippen molar-refractivity contribution in [2.45, 2.75) is 160 Å². The fourth-order valence-corrected chi connectivity index (χ4v) is 6.51. The van der Waals surface area contributed by atoms with E-state index in [0.717, 1.165) is 44.9 Å². The Morgan fingerprint density at radius 2 is 1.31 bits per heavy atom. The van der Waals surface area contributed by atoms with E-state index in [-0.39, 0.29) is 11.8 Å². The zero-order chi connectivity index (χ0) is 36.2. The van der Waals surface area contributed by atoms with Crippen molar-refractivity contribution in [2.24, 2.45) is 0 Å². The summed E-state index contributed by atoms with van der Waals surface area (Å²) in [5.41, 5.74) is 0.150. The third kappa shape index (κ3) is 15.5. The van der Waals surface area contributed by atoms with Gasteiger partial charge in [0.15, 0.2) is 29.7 Å². The molecule has 0 aromatic carbocycles. The largest absolute Gasteiger partial charge is 0.463 e. The second-order valence-corrected chi connectivity index (χ2v) is 13.1. The van der Waals surface area contributed by atoms with Crippen LogP contribution in [-0.4, -0.2) is 70.7 Å². The Balaban J connectivity index is 2.21. The maximum absolute atomic E-state index is 12.7. The topological polar surface area (TPSA) is 149 Å². The number of esters is 4. The molecule has 0 unspecified atom stereocenters. The Morgan fingerprint density at radius 1 is 0.776 bits per heavy atom. The minimum Gasteiger partial charge on any atom is -0.463 e. The molecular weight excluding hydrogens is 652 g/mol. The highest BCUT2D eigenvalue weighted by atomic mass is 32.2. The molecule has 12 nitrogen and oxygen atoms in total. The van der Waals surface area contributed by atoms with Gasteiger partial charge >= 0.3 is 23.9 Å². The van der Waals surface area contributed by atoms with Gasteiger partial charge in [0.1, 0.15) is 12.7 Å². The van der Waals surface area contributed by atoms with Crippen molar-refractivity contribution < 1.29 is 42.9 Å². The lowest BCUT2D eigenvalue weighted by atomic mass is 9.96. The van der Waals surface area contributed by atoms with Crippen LogP contribution in [0.1, 0.15) is 130 Å². The van der Waals surface area contributed by atoms with Gasteiger partial charge in [-0.25, -0.2) is 0 Å². The third-order valence-electron chi connectivity index (χ3n) is 8.11. The molecule has 1 aliphatic rings. The molecule has 0 aliphatic carbocycles. The van der Waals surface area contributed by atoms with Gasteiger partial charge in [0.2, 0.25) is 0 Å². The van der Waals surface area contributed by atoms with Gasteiger partial charge in [-0.1, -0.05) is 82.2 Å². The first-order valence-electron chi connectivity index (χ1n) is 17.6. The summed E-state index contributed by atoms with van der Waals surface area (Å²) in [7, 11) is 0. The van der Waals surface area contributed by atoms with Gasteiger partial charge in [-0.2, -0.15) is 4.98 Å². The molecule has 1 aromatic heterocycles. The molecule has 1 fully saturated rings. The minimum atomic E-state index is -1.33. The molecule has 2 rings (SSSR count). The Morgan fingerprint density at radius 3 is 1.86 bits per heavy atom. The molecule has 1 aromatic rings. The van der Waals surface area contributed by atoms with Crippen molar-refractivity contribution in [3.8, 4) is 0 Å². The minimum absolute atomic E-state index is 0.288. The van der Waals surface area contributed by atoms with Crippen molar-refractivity contribution in [1.82, 2.24) is 9.55 Å². The lowest BCUT2D eigenvalue weighted by molar-refractivity contribution is -0.270. The number of hydrogen-bond donors (Lipinski definition) is 0. The number of aromatic nitrogens is 2. The number of allylic oxidation sites excluding steroid dienone is 2. The highest BCUT2D eigenvalue weighted by molar-refractivity contribution is 7.98. The Bertz CT molecular complexity index is 1280. The van der Waals surface area contributed by atoms with Crippen LogP contribution < -0.4 is 5.56 Å². The predicted octanol–water partition coefficient (Wildman–Crippen LogP) is 6.41. The molecule has 0 radical (unpaired) electrons. The first-order chi connectivity index (χ1) is 23.5. The molecule has 49 heavy (non-hydrogen) atoms. The second-order valence-electron chi connectivity index (χ2n) is 12.4. The van der Waals surface area contributed by atoms with Crippen molar-refractivity contribution >= 4 is 35.6 Å². The van der Waals surface area contributed by atoms with Crippen LogP contribution in [0.15, 0.2) is 28.2 Å². The molecule has 0 spiro atoms. The number of ether oxygens (including phenoxy) is 5. The molecule has 0 saturated carbocycles. The molecule has 276 valence electrons. The number of carbonyl (C=O) groups excluding carboxylic acids is 4. The molecule has 0 amide bonds. The van der Waals surface area contributed by atoms with Crippen LogP contribution in [0.2, 0.25) is 0 Å². The summed E-state index contributed by atoms with van der Waals surface area (Å²) in [5.74, 6) is -2.73. The normalized spacial score (nSPS) is 20.6. The van der Waals surface area contributed by atoms with E-state index < -0.39 is 60.1 Å². The number of carbonyl (C=O) groups is 4. The molecule has 0 N–H and O–H groups in total. The summed E-state index contributed by atoms with van der Waals surface area (Å²) < 4.78 is 30.1. The van der Waals surface area contributed by atoms with Crippen LogP contribution in [-0.2, 0) is 49.3 Å². The number of rotatable bonds is 22. The van der Waals surface area contributed by atoms with Gasteiger partial charge in [0.25, 0.3) is 5.56 Å². The van der Waals surface area contributed by atoms with Crippen molar-refractivity contribution in [2.75, 3.05) is 12.9 Å². The Hall–Kier alpha value is -3.19. The molecule has 2 heterocycles. The quantitative estimate of drug-likeness (QED) is 0.0327. The number of thioether (sulfide) groups is 1. The van der Waals surface area contributed by atoms with Crippen molar-refractivity contribution in [3.05, 3.63) is 34.3 Å². The highest BCUT2D eigenvalue weighted by Crippen LogP contribution is 2.37. The first-order valence-corrected chi connectivity index (χ1v) is 18.8. The predicted molar refractivity (Wildman–Crippen MR) is 186 cm³/mol. The molecule has 13 heteroatoms. The van der Waals surface area contributed by atoms with E-state index in [1.54, 1.807) is 10.8 Å². The zero-order valence-corrected chi connectivity index (χ0v) is 30.9. The summed E-state index contributed by atoms with van der Waals surface area (Å²) >= 11 is 1.19. The summed E-state index contributed by atoms with van der Waals surface area (Å²) in [4.78, 5) is 65.4. The third-order valence-corrected chi connectivity index (χ3v) is 8.76. The van der Waals surface area contributed by atoms with Gasteiger partial charge in [-0.05, 0) is 44.8 Å². The van der Waals surface area contributed by atoms with E-state index in [2.05, 4.69) is 24.1 Å². The SMILES string of the molecule is CCCCCCCC/C=C/CCCCCCCc1cc(=O)nc(SC)n1[C@@H]1O[C@H](COC(C)=O)[C@@H](OC(C)=O)[C@H](OC(C)=O)[C@H]1OC(C)=O. The number of unbranched alkanes of at least 4 members (excludes halogenated alkanes) is 11. The standard InChI is InChI=1S/C36H56N2O10S/c1-7-8-9-10-11-12-13-14-15-16-17-18-19-20-21-22-29-23-31(43)37-36(49-6)38(29)35-34(47-28(5)42)33(46-27(4)41)32(45-26(3)40)30(48-35)24-44-25(2)39/h14-15,23,30,32-35H,7-13,16-22,24H2,1-6H3/b15-14+/t30-,32-,33+,34-,35-/m1/s1. The molecular formula is C36H56N2O10S. The highest BCUT2D eigenvalue weighted by Gasteiger charge is 2.53.